The van der Waals surface area contributed by atoms with Crippen LogP contribution in [0.4, 0.5) is 0 Å². The molecule has 4 nitrogen and oxygen atoms in total. The molecule has 0 atom stereocenters. The van der Waals surface area contributed by atoms with Crippen LogP contribution in [0.1, 0.15) is 28.9 Å². The van der Waals surface area contributed by atoms with Crippen molar-refractivity contribution in [1.82, 2.24) is 19.3 Å². The van der Waals surface area contributed by atoms with Crippen LogP contribution in [-0.4, -0.2) is 19.3 Å². The van der Waals surface area contributed by atoms with E-state index in [0.717, 1.165) is 35.6 Å². The fraction of sp³-hybridized carbons (Fsp3) is 0.429. The molecule has 20 heavy (non-hydrogen) atoms. The van der Waals surface area contributed by atoms with Crippen molar-refractivity contribution in [2.75, 3.05) is 0 Å². The van der Waals surface area contributed by atoms with Gasteiger partial charge in [0.15, 0.2) is 5.65 Å². The van der Waals surface area contributed by atoms with Crippen LogP contribution in [0.25, 0.3) is 11.2 Å². The number of thiophene rings is 1. The molecule has 106 valence electrons. The topological polar surface area (TPSA) is 35.6 Å². The van der Waals surface area contributed by atoms with Crippen molar-refractivity contribution in [3.8, 4) is 0 Å². The van der Waals surface area contributed by atoms with Crippen LogP contribution >= 0.6 is 22.9 Å². The first kappa shape index (κ1) is 13.6. The van der Waals surface area contributed by atoms with E-state index in [1.807, 2.05) is 11.7 Å². The van der Waals surface area contributed by atoms with E-state index in [4.69, 9.17) is 11.6 Å². The number of rotatable bonds is 4. The van der Waals surface area contributed by atoms with Gasteiger partial charge in [0, 0.05) is 11.9 Å². The van der Waals surface area contributed by atoms with Crippen LogP contribution < -0.4 is 0 Å². The number of nitrogens with zero attached hydrogens (tertiary/aromatic N) is 4. The molecule has 0 saturated heterocycles. The molecule has 6 heteroatoms. The smallest absolute Gasteiger partial charge is 0.159 e. The maximum Gasteiger partial charge on any atom is 0.159 e. The van der Waals surface area contributed by atoms with E-state index in [-0.39, 0.29) is 0 Å². The van der Waals surface area contributed by atoms with Crippen molar-refractivity contribution >= 4 is 34.1 Å². The van der Waals surface area contributed by atoms with Gasteiger partial charge in [-0.1, -0.05) is 6.92 Å². The molecule has 0 spiro atoms. The number of aromatic nitrogens is 4. The van der Waals surface area contributed by atoms with Gasteiger partial charge in [0.1, 0.15) is 11.3 Å². The van der Waals surface area contributed by atoms with E-state index < -0.39 is 0 Å². The largest absolute Gasteiger partial charge is 0.307 e. The van der Waals surface area contributed by atoms with Crippen LogP contribution in [0.15, 0.2) is 11.4 Å². The van der Waals surface area contributed by atoms with Gasteiger partial charge < -0.3 is 4.57 Å². The van der Waals surface area contributed by atoms with E-state index in [1.54, 1.807) is 11.3 Å². The molecule has 0 aliphatic rings. The van der Waals surface area contributed by atoms with Gasteiger partial charge in [-0.3, -0.25) is 4.68 Å². The lowest BCUT2D eigenvalue weighted by Crippen LogP contribution is -2.07. The van der Waals surface area contributed by atoms with Gasteiger partial charge in [-0.25, -0.2) is 4.98 Å². The third-order valence-corrected chi connectivity index (χ3v) is 4.84. The zero-order chi connectivity index (χ0) is 14.3. The first-order valence-electron chi connectivity index (χ1n) is 6.65. The second kappa shape index (κ2) is 5.22. The van der Waals surface area contributed by atoms with Crippen molar-refractivity contribution in [2.45, 2.75) is 32.7 Å². The average molecular weight is 309 g/mol. The first-order chi connectivity index (χ1) is 9.65. The minimum atomic E-state index is 0.419. The Morgan fingerprint density at radius 3 is 2.80 bits per heavy atom. The Kier molecular flexibility index (Phi) is 3.56. The van der Waals surface area contributed by atoms with Gasteiger partial charge in [0.25, 0.3) is 0 Å². The molecule has 3 aromatic rings. The summed E-state index contributed by atoms with van der Waals surface area (Å²) >= 11 is 7.85. The van der Waals surface area contributed by atoms with E-state index >= 15 is 0 Å². The summed E-state index contributed by atoms with van der Waals surface area (Å²) in [6.45, 7) is 5.05. The van der Waals surface area contributed by atoms with Crippen LogP contribution in [0, 0.1) is 6.92 Å². The fourth-order valence-electron chi connectivity index (χ4n) is 2.50. The molecule has 0 amide bonds. The highest BCUT2D eigenvalue weighted by Gasteiger charge is 2.18. The highest BCUT2D eigenvalue weighted by Crippen LogP contribution is 2.25. The predicted octanol–water partition coefficient (Wildman–Crippen LogP) is 3.49. The molecule has 0 aliphatic carbocycles. The summed E-state index contributed by atoms with van der Waals surface area (Å²) in [5.41, 5.74) is 4.40. The summed E-state index contributed by atoms with van der Waals surface area (Å²) in [6.07, 6.45) is 0.883. The third-order valence-electron chi connectivity index (χ3n) is 3.59. The number of fused-ring (bicyclic) bond motifs is 1. The molecule has 0 unspecified atom stereocenters. The monoisotopic (exact) mass is 308 g/mol. The van der Waals surface area contributed by atoms with Gasteiger partial charge in [0.05, 0.1) is 18.1 Å². The predicted molar refractivity (Wildman–Crippen MR) is 83.6 cm³/mol. The van der Waals surface area contributed by atoms with Crippen molar-refractivity contribution < 1.29 is 0 Å². The van der Waals surface area contributed by atoms with E-state index in [2.05, 4.69) is 39.9 Å². The minimum absolute atomic E-state index is 0.419. The van der Waals surface area contributed by atoms with E-state index in [9.17, 15) is 0 Å². The summed E-state index contributed by atoms with van der Waals surface area (Å²) in [6, 6.07) is 2.15. The number of imidazole rings is 1. The first-order valence-corrected chi connectivity index (χ1v) is 8.07. The minimum Gasteiger partial charge on any atom is -0.307 e. The highest BCUT2D eigenvalue weighted by molar-refractivity contribution is 7.10. The maximum atomic E-state index is 6.08. The number of alkyl halides is 1. The SMILES string of the molecule is CCc1nn(C)c2c1nc(CCl)n2Cc1sccc1C. The van der Waals surface area contributed by atoms with E-state index in [1.165, 1.54) is 10.4 Å². The van der Waals surface area contributed by atoms with Gasteiger partial charge in [-0.2, -0.15) is 5.10 Å². The Hall–Kier alpha value is -1.33. The molecule has 3 rings (SSSR count). The molecular formula is C14H17ClN4S. The van der Waals surface area contributed by atoms with Crippen LogP contribution in [0.5, 0.6) is 0 Å². The molecule has 0 saturated carbocycles. The molecular weight excluding hydrogens is 292 g/mol. The second-order valence-electron chi connectivity index (χ2n) is 4.87. The number of halogens is 1. The Balaban J connectivity index is 2.17. The van der Waals surface area contributed by atoms with Crippen molar-refractivity contribution in [2.24, 2.45) is 7.05 Å². The molecule has 0 N–H and O–H groups in total. The van der Waals surface area contributed by atoms with Gasteiger partial charge in [-0.05, 0) is 30.4 Å². The summed E-state index contributed by atoms with van der Waals surface area (Å²) in [5.74, 6) is 1.33. The van der Waals surface area contributed by atoms with Crippen molar-refractivity contribution in [1.29, 1.82) is 0 Å². The van der Waals surface area contributed by atoms with Crippen LogP contribution in [-0.2, 0) is 25.9 Å². The zero-order valence-corrected chi connectivity index (χ0v) is 13.4. The molecule has 0 aromatic carbocycles. The lowest BCUT2D eigenvalue weighted by Gasteiger charge is -2.07. The third kappa shape index (κ3) is 2.05. The Labute approximate surface area is 127 Å². The fourth-order valence-corrected chi connectivity index (χ4v) is 3.60. The summed E-state index contributed by atoms with van der Waals surface area (Å²) < 4.78 is 4.10. The van der Waals surface area contributed by atoms with Crippen molar-refractivity contribution in [3.05, 3.63) is 33.4 Å². The number of hydrogen-bond donors (Lipinski definition) is 0. The second-order valence-corrected chi connectivity index (χ2v) is 6.14. The van der Waals surface area contributed by atoms with Gasteiger partial charge in [-0.15, -0.1) is 22.9 Å². The quantitative estimate of drug-likeness (QED) is 0.692. The van der Waals surface area contributed by atoms with E-state index in [0.29, 0.717) is 5.88 Å². The molecule has 0 radical (unpaired) electrons. The Morgan fingerprint density at radius 1 is 1.40 bits per heavy atom. The molecule has 3 aromatic heterocycles. The Morgan fingerprint density at radius 2 is 2.20 bits per heavy atom. The lowest BCUT2D eigenvalue weighted by molar-refractivity contribution is 0.700. The molecule has 0 fully saturated rings. The number of hydrogen-bond acceptors (Lipinski definition) is 3. The van der Waals surface area contributed by atoms with Gasteiger partial charge >= 0.3 is 0 Å². The Bertz CT molecular complexity index is 753. The normalized spacial score (nSPS) is 11.6. The average Bonchev–Trinajstić information content (AvgIpc) is 3.08. The summed E-state index contributed by atoms with van der Waals surface area (Å²) in [7, 11) is 1.97. The summed E-state index contributed by atoms with van der Waals surface area (Å²) in [5, 5.41) is 6.67. The lowest BCUT2D eigenvalue weighted by atomic mass is 10.3. The zero-order valence-electron chi connectivity index (χ0n) is 11.9. The maximum absolute atomic E-state index is 6.08. The molecule has 0 aliphatic heterocycles. The number of aryl methyl sites for hydroxylation is 3. The molecule has 3 heterocycles. The highest BCUT2D eigenvalue weighted by atomic mass is 35.5. The standard InChI is InChI=1S/C14H17ClN4S/c1-4-10-13-14(18(3)17-10)19(12(7-15)16-13)8-11-9(2)5-6-20-11/h5-6H,4,7-8H2,1-3H3. The summed E-state index contributed by atoms with van der Waals surface area (Å²) in [4.78, 5) is 6.03. The molecule has 0 bridgehead atoms. The van der Waals surface area contributed by atoms with Gasteiger partial charge in [0.2, 0.25) is 0 Å². The van der Waals surface area contributed by atoms with Crippen molar-refractivity contribution in [3.63, 3.8) is 0 Å². The van der Waals surface area contributed by atoms with Crippen LogP contribution in [0.3, 0.4) is 0 Å². The van der Waals surface area contributed by atoms with Crippen LogP contribution in [0.2, 0.25) is 0 Å².